The first-order valence-corrected chi connectivity index (χ1v) is 22.1. The zero-order valence-electron chi connectivity index (χ0n) is 36.9. The minimum Gasteiger partial charge on any atom is -0.372 e. The van der Waals surface area contributed by atoms with E-state index < -0.39 is 5.91 Å². The van der Waals surface area contributed by atoms with Gasteiger partial charge in [-0.1, -0.05) is 50.2 Å². The average molecular weight is 853 g/mol. The van der Waals surface area contributed by atoms with Gasteiger partial charge >= 0.3 is 17.8 Å². The van der Waals surface area contributed by atoms with Crippen molar-refractivity contribution >= 4 is 40.3 Å². The van der Waals surface area contributed by atoms with E-state index in [0.717, 1.165) is 115 Å². The van der Waals surface area contributed by atoms with Crippen molar-refractivity contribution in [3.63, 3.8) is 0 Å². The quantitative estimate of drug-likeness (QED) is 0.126. The first-order valence-electron chi connectivity index (χ1n) is 22.1. The lowest BCUT2D eigenvalue weighted by molar-refractivity contribution is -0.120. The van der Waals surface area contributed by atoms with Crippen molar-refractivity contribution in [2.45, 2.75) is 91.1 Å². The van der Waals surface area contributed by atoms with Crippen LogP contribution in [-0.2, 0) is 10.2 Å². The molecular weight excluding hydrogens is 797 g/mol. The average Bonchev–Trinajstić information content (AvgIpc) is 4.02. The number of nitrogens with zero attached hydrogens (tertiary/aromatic N) is 9. The third-order valence-corrected chi connectivity index (χ3v) is 13.0. The highest BCUT2D eigenvalue weighted by atomic mass is 16.5. The summed E-state index contributed by atoms with van der Waals surface area (Å²) in [6.07, 6.45) is 6.35. The number of aromatic amines is 1. The van der Waals surface area contributed by atoms with Gasteiger partial charge < -0.3 is 24.6 Å². The Labute approximate surface area is 366 Å². The predicted molar refractivity (Wildman–Crippen MR) is 240 cm³/mol. The van der Waals surface area contributed by atoms with Crippen molar-refractivity contribution in [2.24, 2.45) is 5.92 Å². The summed E-state index contributed by atoms with van der Waals surface area (Å²) in [5.41, 5.74) is 9.35. The molecule has 16 nitrogen and oxygen atoms in total. The van der Waals surface area contributed by atoms with Crippen LogP contribution in [-0.4, -0.2) is 96.9 Å². The van der Waals surface area contributed by atoms with Crippen molar-refractivity contribution in [3.8, 4) is 22.5 Å². The third kappa shape index (κ3) is 8.68. The fourth-order valence-electron chi connectivity index (χ4n) is 9.34. The van der Waals surface area contributed by atoms with Crippen LogP contribution in [0.5, 0.6) is 0 Å². The van der Waals surface area contributed by atoms with Crippen LogP contribution in [0.25, 0.3) is 33.5 Å². The lowest BCUT2D eigenvalue weighted by Gasteiger charge is -2.38. The maximum absolute atomic E-state index is 12.9. The number of hydrogen-bond donors (Lipinski definition) is 3. The molecule has 7 heterocycles. The molecule has 6 aromatic rings. The lowest BCUT2D eigenvalue weighted by Crippen LogP contribution is -2.49. The van der Waals surface area contributed by atoms with E-state index in [0.29, 0.717) is 30.7 Å². The topological polar surface area (TPSA) is 183 Å². The largest absolute Gasteiger partial charge is 0.372 e. The van der Waals surface area contributed by atoms with Crippen LogP contribution < -0.4 is 20.4 Å². The van der Waals surface area contributed by atoms with Gasteiger partial charge in [0.1, 0.15) is 12.0 Å². The highest BCUT2D eigenvalue weighted by Crippen LogP contribution is 2.36. The molecule has 0 spiro atoms. The van der Waals surface area contributed by atoms with Crippen LogP contribution in [0.1, 0.15) is 105 Å². The first-order chi connectivity index (χ1) is 30.3. The molecule has 0 radical (unpaired) electrons. The number of carbonyl (C=O) groups is 3. The summed E-state index contributed by atoms with van der Waals surface area (Å²) in [5, 5.41) is 15.4. The van der Waals surface area contributed by atoms with E-state index in [2.05, 4.69) is 77.3 Å². The Balaban J connectivity index is 0.794. The number of piperidine rings is 2. The number of nitrogens with one attached hydrogen (secondary N) is 3. The van der Waals surface area contributed by atoms with Gasteiger partial charge in [-0.05, 0) is 88.3 Å². The molecule has 328 valence electrons. The Kier molecular flexibility index (Phi) is 11.3. The maximum atomic E-state index is 12.9. The van der Waals surface area contributed by atoms with Crippen LogP contribution in [0.15, 0.2) is 65.4 Å². The number of hydrogen-bond acceptors (Lipinski definition) is 11. The molecule has 3 N–H and O–H groups in total. The van der Waals surface area contributed by atoms with Gasteiger partial charge in [0.05, 0.1) is 29.2 Å². The maximum Gasteiger partial charge on any atom is 0.328 e. The molecule has 63 heavy (non-hydrogen) atoms. The van der Waals surface area contributed by atoms with Crippen molar-refractivity contribution in [1.29, 1.82) is 0 Å². The monoisotopic (exact) mass is 852 g/mol. The van der Waals surface area contributed by atoms with Crippen LogP contribution in [0.4, 0.5) is 16.2 Å². The Morgan fingerprint density at radius 2 is 1.63 bits per heavy atom. The van der Waals surface area contributed by atoms with Gasteiger partial charge in [-0.25, -0.2) is 14.8 Å². The highest BCUT2D eigenvalue weighted by Gasteiger charge is 2.30. The molecule has 0 saturated carbocycles. The fourth-order valence-corrected chi connectivity index (χ4v) is 9.34. The molecule has 0 aliphatic carbocycles. The molecule has 0 unspecified atom stereocenters. The number of rotatable bonds is 10. The zero-order chi connectivity index (χ0) is 44.0. The Hall–Kier alpha value is -6.42. The van der Waals surface area contributed by atoms with Crippen molar-refractivity contribution < 1.29 is 18.9 Å². The number of imide groups is 1. The number of urea groups is 1. The molecule has 4 aromatic heterocycles. The summed E-state index contributed by atoms with van der Waals surface area (Å²) in [7, 11) is 0. The van der Waals surface area contributed by atoms with E-state index in [9.17, 15) is 14.4 Å². The van der Waals surface area contributed by atoms with E-state index in [1.54, 1.807) is 11.2 Å². The number of likely N-dealkylation sites (tertiary alicyclic amines) is 1. The number of fused-ring (bicyclic) bond motifs is 1. The molecule has 0 bridgehead atoms. The van der Waals surface area contributed by atoms with E-state index in [-0.39, 0.29) is 29.3 Å². The van der Waals surface area contributed by atoms with E-state index >= 15 is 0 Å². The van der Waals surface area contributed by atoms with E-state index in [1.807, 2.05) is 64.1 Å². The standard InChI is InChI=1S/C47H56N12O4/c1-28(50-43(61)44-53-45(55-63-44)47(4,5)6)32-7-9-33(10-8-32)41-37-25-38(51-42(37)49-27-48-41)40-29(2)54-59(30(40)3)36-17-20-56(21-18-36)26-31-15-22-57(23-16-31)34-11-13-35(14-12-34)58-24-19-39(60)52-46(58)62/h7-14,25,27-28,31,36H,15-24,26H2,1-6H3,(H,50,61)(H,48,49,51)(H,52,60,62)/t28-/m1/s1. The molecule has 2 aromatic carbocycles. The number of benzene rings is 2. The number of amides is 4. The van der Waals surface area contributed by atoms with Crippen LogP contribution >= 0.6 is 0 Å². The molecular formula is C47H56N12O4. The van der Waals surface area contributed by atoms with Crippen molar-refractivity contribution in [2.75, 3.05) is 49.1 Å². The smallest absolute Gasteiger partial charge is 0.328 e. The summed E-state index contributed by atoms with van der Waals surface area (Å²) < 4.78 is 7.49. The first kappa shape index (κ1) is 41.9. The van der Waals surface area contributed by atoms with Gasteiger partial charge in [0.15, 0.2) is 5.82 Å². The molecule has 9 rings (SSSR count). The highest BCUT2D eigenvalue weighted by molar-refractivity contribution is 6.05. The minimum atomic E-state index is -0.412. The predicted octanol–water partition coefficient (Wildman–Crippen LogP) is 7.28. The molecule has 16 heteroatoms. The summed E-state index contributed by atoms with van der Waals surface area (Å²) >= 11 is 0. The molecule has 3 saturated heterocycles. The number of aromatic nitrogens is 7. The number of aryl methyl sites for hydroxylation is 1. The zero-order valence-corrected chi connectivity index (χ0v) is 36.9. The Morgan fingerprint density at radius 1 is 0.921 bits per heavy atom. The van der Waals surface area contributed by atoms with Crippen LogP contribution in [0.3, 0.4) is 0 Å². The second-order valence-electron chi connectivity index (χ2n) is 18.4. The van der Waals surface area contributed by atoms with Gasteiger partial charge in [0, 0.05) is 84.7 Å². The summed E-state index contributed by atoms with van der Waals surface area (Å²) in [6.45, 7) is 17.8. The SMILES string of the molecule is Cc1nn(C2CCN(CC3CCN(c4ccc(N5CCC(=O)NC5=O)cc4)CC3)CC2)c(C)c1-c1cc2c(-c3ccc([C@@H](C)NC(=O)c4nc(C(C)(C)C)no4)cc3)ncnc2[nH]1. The Morgan fingerprint density at radius 3 is 2.32 bits per heavy atom. The van der Waals surface area contributed by atoms with E-state index in [4.69, 9.17) is 14.6 Å². The summed E-state index contributed by atoms with van der Waals surface area (Å²) in [6, 6.07) is 18.0. The van der Waals surface area contributed by atoms with Crippen molar-refractivity contribution in [1.82, 2.24) is 50.4 Å². The van der Waals surface area contributed by atoms with Gasteiger partial charge in [0.2, 0.25) is 5.91 Å². The molecule has 3 fully saturated rings. The molecule has 1 atom stereocenters. The second-order valence-corrected chi connectivity index (χ2v) is 18.4. The molecule has 4 amide bonds. The second kappa shape index (κ2) is 17.0. The number of H-pyrrole nitrogens is 1. The van der Waals surface area contributed by atoms with Crippen LogP contribution in [0, 0.1) is 19.8 Å². The number of carbonyl (C=O) groups excluding carboxylic acids is 3. The van der Waals surface area contributed by atoms with Gasteiger partial charge in [-0.15, -0.1) is 0 Å². The third-order valence-electron chi connectivity index (χ3n) is 13.0. The normalized spacial score (nSPS) is 17.7. The van der Waals surface area contributed by atoms with Crippen LogP contribution in [0.2, 0.25) is 0 Å². The Bertz CT molecular complexity index is 2620. The van der Waals surface area contributed by atoms with Gasteiger partial charge in [-0.2, -0.15) is 10.1 Å². The van der Waals surface area contributed by atoms with Crippen molar-refractivity contribution in [3.05, 3.63) is 89.6 Å². The van der Waals surface area contributed by atoms with Gasteiger partial charge in [-0.3, -0.25) is 24.5 Å². The molecule has 3 aliphatic rings. The van der Waals surface area contributed by atoms with E-state index in [1.165, 1.54) is 5.69 Å². The number of anilines is 2. The fraction of sp³-hybridized carbons (Fsp3) is 0.447. The minimum absolute atomic E-state index is 0.0500. The molecule has 3 aliphatic heterocycles. The lowest BCUT2D eigenvalue weighted by atomic mass is 9.94. The summed E-state index contributed by atoms with van der Waals surface area (Å²) in [5.74, 6) is 0.473. The van der Waals surface area contributed by atoms with Gasteiger partial charge in [0.25, 0.3) is 0 Å². The summed E-state index contributed by atoms with van der Waals surface area (Å²) in [4.78, 5) is 60.6.